The number of nitrogens with zero attached hydrogens (tertiary/aromatic N) is 2. The third-order valence-corrected chi connectivity index (χ3v) is 9.93. The molecule has 7 nitrogen and oxygen atoms in total. The Hall–Kier alpha value is -2.16. The summed E-state index contributed by atoms with van der Waals surface area (Å²) in [5.74, 6) is 0.421. The molecule has 0 amide bonds. The van der Waals surface area contributed by atoms with Gasteiger partial charge in [0.1, 0.15) is 18.2 Å². The van der Waals surface area contributed by atoms with E-state index < -0.39 is 20.4 Å². The quantitative estimate of drug-likeness (QED) is 0.547. The molecule has 0 aliphatic carbocycles. The minimum absolute atomic E-state index is 0.0368. The number of hydrogen-bond donors (Lipinski definition) is 2. The summed E-state index contributed by atoms with van der Waals surface area (Å²) in [6.45, 7) is 12.0. The standard InChI is InChI=1S/C22H35N3O4Si/c1-22(2,3)30(6,7)29-19(21(26)27)15-28-17-9-10-18-16(14-17)8-11-20(24-18)23-12-13-25(4)5/h8-11,14,19H,12-13,15H2,1-7H3,(H,23,24)(H,26,27). The second-order valence-electron chi connectivity index (χ2n) is 9.30. The molecule has 2 N–H and O–H groups in total. The Balaban J connectivity index is 2.05. The molecule has 1 atom stereocenters. The topological polar surface area (TPSA) is 83.9 Å². The monoisotopic (exact) mass is 433 g/mol. The van der Waals surface area contributed by atoms with Crippen LogP contribution in [0, 0.1) is 0 Å². The Morgan fingerprint density at radius 3 is 2.53 bits per heavy atom. The number of benzene rings is 1. The lowest BCUT2D eigenvalue weighted by Gasteiger charge is -2.38. The van der Waals surface area contributed by atoms with Crippen LogP contribution in [0.4, 0.5) is 5.82 Å². The molecule has 166 valence electrons. The first kappa shape index (κ1) is 24.1. The highest BCUT2D eigenvalue weighted by Crippen LogP contribution is 2.37. The van der Waals surface area contributed by atoms with Gasteiger partial charge in [0.25, 0.3) is 0 Å². The fraction of sp³-hybridized carbons (Fsp3) is 0.545. The largest absolute Gasteiger partial charge is 0.490 e. The predicted octanol–water partition coefficient (Wildman–Crippen LogP) is 4.06. The third-order valence-electron chi connectivity index (χ3n) is 5.45. The van der Waals surface area contributed by atoms with Gasteiger partial charge in [-0.3, -0.25) is 0 Å². The Kier molecular flexibility index (Phi) is 7.85. The third kappa shape index (κ3) is 6.68. The van der Waals surface area contributed by atoms with Crippen LogP contribution in [-0.4, -0.2) is 69.2 Å². The second-order valence-corrected chi connectivity index (χ2v) is 14.1. The smallest absolute Gasteiger partial charge is 0.335 e. The molecule has 0 spiro atoms. The Bertz CT molecular complexity index is 865. The van der Waals surface area contributed by atoms with E-state index in [-0.39, 0.29) is 11.6 Å². The highest BCUT2D eigenvalue weighted by atomic mass is 28.4. The van der Waals surface area contributed by atoms with E-state index in [1.54, 1.807) is 0 Å². The minimum Gasteiger partial charge on any atom is -0.490 e. The summed E-state index contributed by atoms with van der Waals surface area (Å²) in [4.78, 5) is 18.4. The maximum atomic E-state index is 11.7. The van der Waals surface area contributed by atoms with Crippen LogP contribution in [0.15, 0.2) is 30.3 Å². The maximum Gasteiger partial charge on any atom is 0.335 e. The number of anilines is 1. The summed E-state index contributed by atoms with van der Waals surface area (Å²) in [5.41, 5.74) is 0.851. The van der Waals surface area contributed by atoms with Crippen molar-refractivity contribution in [1.82, 2.24) is 9.88 Å². The molecule has 1 unspecified atom stereocenters. The van der Waals surface area contributed by atoms with Crippen molar-refractivity contribution in [2.45, 2.75) is 45.0 Å². The molecule has 1 heterocycles. The van der Waals surface area contributed by atoms with Crippen molar-refractivity contribution < 1.29 is 19.1 Å². The van der Waals surface area contributed by atoms with Gasteiger partial charge in [-0.05, 0) is 62.6 Å². The van der Waals surface area contributed by atoms with Crippen molar-refractivity contribution in [3.63, 3.8) is 0 Å². The van der Waals surface area contributed by atoms with E-state index in [2.05, 4.69) is 36.0 Å². The Morgan fingerprint density at radius 1 is 1.23 bits per heavy atom. The molecular weight excluding hydrogens is 398 g/mol. The van der Waals surface area contributed by atoms with Crippen LogP contribution >= 0.6 is 0 Å². The summed E-state index contributed by atoms with van der Waals surface area (Å²) in [6, 6.07) is 9.48. The van der Waals surface area contributed by atoms with E-state index in [4.69, 9.17) is 9.16 Å². The maximum absolute atomic E-state index is 11.7. The number of carbonyl (C=O) groups is 1. The lowest BCUT2D eigenvalue weighted by Crippen LogP contribution is -2.47. The van der Waals surface area contributed by atoms with Gasteiger partial charge in [0, 0.05) is 18.5 Å². The molecule has 1 aromatic carbocycles. The van der Waals surface area contributed by atoms with Crippen molar-refractivity contribution in [2.24, 2.45) is 0 Å². The zero-order chi connectivity index (χ0) is 22.5. The van der Waals surface area contributed by atoms with Crippen LogP contribution in [0.3, 0.4) is 0 Å². The second kappa shape index (κ2) is 9.76. The molecule has 2 rings (SSSR count). The molecule has 8 heteroatoms. The molecule has 0 aliphatic rings. The molecule has 0 saturated carbocycles. The van der Waals surface area contributed by atoms with E-state index in [9.17, 15) is 9.90 Å². The van der Waals surface area contributed by atoms with Crippen molar-refractivity contribution in [2.75, 3.05) is 39.1 Å². The van der Waals surface area contributed by atoms with Gasteiger partial charge in [-0.15, -0.1) is 0 Å². The first-order valence-corrected chi connectivity index (χ1v) is 13.1. The SMILES string of the molecule is CN(C)CCNc1ccc2cc(OCC(O[Si](C)(C)C(C)(C)C)C(=O)O)ccc2n1. The first-order chi connectivity index (χ1) is 13.9. The van der Waals surface area contributed by atoms with Crippen LogP contribution in [0.1, 0.15) is 20.8 Å². The normalized spacial score (nSPS) is 13.5. The fourth-order valence-electron chi connectivity index (χ4n) is 2.56. The van der Waals surface area contributed by atoms with Gasteiger partial charge in [0.2, 0.25) is 0 Å². The highest BCUT2D eigenvalue weighted by Gasteiger charge is 2.41. The molecule has 0 radical (unpaired) electrons. The lowest BCUT2D eigenvalue weighted by molar-refractivity contribution is -0.147. The number of carboxylic acid groups (broad SMARTS) is 1. The van der Waals surface area contributed by atoms with Gasteiger partial charge in [-0.25, -0.2) is 9.78 Å². The molecule has 30 heavy (non-hydrogen) atoms. The van der Waals surface area contributed by atoms with Crippen LogP contribution < -0.4 is 10.1 Å². The first-order valence-electron chi connectivity index (χ1n) is 10.2. The Morgan fingerprint density at radius 2 is 1.93 bits per heavy atom. The molecule has 0 bridgehead atoms. The summed E-state index contributed by atoms with van der Waals surface area (Å²) < 4.78 is 11.8. The molecule has 1 aromatic heterocycles. The van der Waals surface area contributed by atoms with E-state index in [0.29, 0.717) is 5.75 Å². The van der Waals surface area contributed by atoms with Gasteiger partial charge in [0.05, 0.1) is 5.52 Å². The van der Waals surface area contributed by atoms with E-state index >= 15 is 0 Å². The van der Waals surface area contributed by atoms with Crippen molar-refractivity contribution in [3.05, 3.63) is 30.3 Å². The molecule has 0 saturated heterocycles. The van der Waals surface area contributed by atoms with Gasteiger partial charge in [0.15, 0.2) is 14.4 Å². The van der Waals surface area contributed by atoms with E-state index in [1.165, 1.54) is 0 Å². The average Bonchev–Trinajstić information content (AvgIpc) is 2.63. The van der Waals surface area contributed by atoms with E-state index in [1.807, 2.05) is 57.5 Å². The van der Waals surface area contributed by atoms with Crippen LogP contribution in [0.5, 0.6) is 5.75 Å². The van der Waals surface area contributed by atoms with Crippen molar-refractivity contribution in [3.8, 4) is 5.75 Å². The van der Waals surface area contributed by atoms with Crippen molar-refractivity contribution in [1.29, 1.82) is 0 Å². The van der Waals surface area contributed by atoms with Gasteiger partial charge in [-0.2, -0.15) is 0 Å². The molecule has 0 aliphatic heterocycles. The van der Waals surface area contributed by atoms with Gasteiger partial charge in [-0.1, -0.05) is 20.8 Å². The fourth-order valence-corrected chi connectivity index (χ4v) is 3.79. The molecular formula is C22H35N3O4Si. The predicted molar refractivity (Wildman–Crippen MR) is 124 cm³/mol. The molecule has 2 aromatic rings. The van der Waals surface area contributed by atoms with Crippen LogP contribution in [0.2, 0.25) is 18.1 Å². The number of hydrogen-bond acceptors (Lipinski definition) is 6. The zero-order valence-corrected chi connectivity index (χ0v) is 20.2. The van der Waals surface area contributed by atoms with Crippen LogP contribution in [-0.2, 0) is 9.22 Å². The number of carboxylic acids is 1. The number of ether oxygens (including phenoxy) is 1. The van der Waals surface area contributed by atoms with Crippen LogP contribution in [0.25, 0.3) is 10.9 Å². The number of pyridine rings is 1. The van der Waals surface area contributed by atoms with Crippen molar-refractivity contribution >= 4 is 31.0 Å². The molecule has 0 fully saturated rings. The number of aliphatic carboxylic acids is 1. The zero-order valence-electron chi connectivity index (χ0n) is 19.2. The number of nitrogens with one attached hydrogen (secondary N) is 1. The lowest BCUT2D eigenvalue weighted by atomic mass is 10.2. The van der Waals surface area contributed by atoms with E-state index in [0.717, 1.165) is 29.8 Å². The summed E-state index contributed by atoms with van der Waals surface area (Å²) in [7, 11) is 1.84. The summed E-state index contributed by atoms with van der Waals surface area (Å²) in [5, 5.41) is 13.7. The van der Waals surface area contributed by atoms with Gasteiger partial charge >= 0.3 is 5.97 Å². The minimum atomic E-state index is -2.22. The number of likely N-dealkylation sites (N-methyl/N-ethyl adjacent to an activating group) is 1. The Labute approximate surface area is 180 Å². The number of aromatic nitrogens is 1. The summed E-state index contributed by atoms with van der Waals surface area (Å²) in [6.07, 6.45) is -0.997. The highest BCUT2D eigenvalue weighted by molar-refractivity contribution is 6.74. The number of fused-ring (bicyclic) bond motifs is 1. The number of rotatable bonds is 10. The average molecular weight is 434 g/mol. The van der Waals surface area contributed by atoms with Gasteiger partial charge < -0.3 is 24.5 Å². The summed E-state index contributed by atoms with van der Waals surface area (Å²) >= 11 is 0.